The first kappa shape index (κ1) is 8.92. The van der Waals surface area contributed by atoms with Gasteiger partial charge in [-0.1, -0.05) is 6.92 Å². The van der Waals surface area contributed by atoms with Gasteiger partial charge in [-0.25, -0.2) is 0 Å². The Kier molecular flexibility index (Phi) is 5.99. The van der Waals surface area contributed by atoms with Gasteiger partial charge in [0.05, 0.1) is 12.7 Å². The zero-order valence-corrected chi connectivity index (χ0v) is 6.22. The first-order chi connectivity index (χ1) is 4.31. The highest BCUT2D eigenvalue weighted by Crippen LogP contribution is 1.91. The predicted octanol–water partition coefficient (Wildman–Crippen LogP) is 1.26. The third kappa shape index (κ3) is 5.80. The van der Waals surface area contributed by atoms with Crippen molar-refractivity contribution in [2.45, 2.75) is 19.4 Å². The van der Waals surface area contributed by atoms with Gasteiger partial charge in [-0.15, -0.1) is 0 Å². The Morgan fingerprint density at radius 2 is 2.22 bits per heavy atom. The first-order valence-corrected chi connectivity index (χ1v) is 3.21. The molecule has 0 rings (SSSR count). The van der Waals surface area contributed by atoms with Gasteiger partial charge < -0.3 is 9.47 Å². The maximum Gasteiger partial charge on any atom is 0.0780 e. The third-order valence-electron chi connectivity index (χ3n) is 0.948. The fourth-order valence-electron chi connectivity index (χ4n) is 0.567. The lowest BCUT2D eigenvalue weighted by Crippen LogP contribution is -2.14. The zero-order chi connectivity index (χ0) is 7.11. The van der Waals surface area contributed by atoms with E-state index >= 15 is 0 Å². The van der Waals surface area contributed by atoms with Crippen LogP contribution in [0.2, 0.25) is 0 Å². The van der Waals surface area contributed by atoms with Crippen molar-refractivity contribution in [1.82, 2.24) is 0 Å². The van der Waals surface area contributed by atoms with E-state index in [1.807, 2.05) is 6.92 Å². The van der Waals surface area contributed by atoms with Crippen LogP contribution in [0.25, 0.3) is 0 Å². The standard InChI is InChI=1S/C7H15O2/c1-4-5-9-7(2)6-8-3/h7H,1,4-6H2,2-3H3. The molecule has 0 N–H and O–H groups in total. The molecular formula is C7H15O2. The maximum atomic E-state index is 5.24. The molecule has 2 nitrogen and oxygen atoms in total. The minimum Gasteiger partial charge on any atom is -0.382 e. The molecule has 0 saturated heterocycles. The Hall–Kier alpha value is -0.0800. The Labute approximate surface area is 57.2 Å². The highest BCUT2D eigenvalue weighted by Gasteiger charge is 1.97. The molecule has 0 amide bonds. The van der Waals surface area contributed by atoms with Crippen LogP contribution in [0.4, 0.5) is 0 Å². The normalized spacial score (nSPS) is 13.7. The molecule has 0 heterocycles. The van der Waals surface area contributed by atoms with Gasteiger partial charge in [-0.3, -0.25) is 0 Å². The van der Waals surface area contributed by atoms with Crippen molar-refractivity contribution in [2.24, 2.45) is 0 Å². The van der Waals surface area contributed by atoms with Crippen molar-refractivity contribution in [3.05, 3.63) is 6.92 Å². The Morgan fingerprint density at radius 1 is 1.56 bits per heavy atom. The van der Waals surface area contributed by atoms with Crippen LogP contribution in [0.3, 0.4) is 0 Å². The summed E-state index contributed by atoms with van der Waals surface area (Å²) in [4.78, 5) is 0. The van der Waals surface area contributed by atoms with Gasteiger partial charge in [-0.05, 0) is 13.3 Å². The highest BCUT2D eigenvalue weighted by molar-refractivity contribution is 4.46. The third-order valence-corrected chi connectivity index (χ3v) is 0.948. The Balaban J connectivity index is 2.95. The van der Waals surface area contributed by atoms with Crippen LogP contribution < -0.4 is 0 Å². The maximum absolute atomic E-state index is 5.24. The molecule has 1 unspecified atom stereocenters. The van der Waals surface area contributed by atoms with E-state index in [4.69, 9.17) is 9.47 Å². The van der Waals surface area contributed by atoms with Gasteiger partial charge in [0.15, 0.2) is 0 Å². The molecule has 0 spiro atoms. The number of ether oxygens (including phenoxy) is 2. The van der Waals surface area contributed by atoms with Crippen LogP contribution in [0.5, 0.6) is 0 Å². The topological polar surface area (TPSA) is 18.5 Å². The number of rotatable bonds is 5. The van der Waals surface area contributed by atoms with Gasteiger partial charge in [0.1, 0.15) is 0 Å². The molecule has 0 aromatic heterocycles. The molecular weight excluding hydrogens is 116 g/mol. The molecule has 0 bridgehead atoms. The molecule has 0 fully saturated rings. The number of methoxy groups -OCH3 is 1. The summed E-state index contributed by atoms with van der Waals surface area (Å²) < 4.78 is 10.1. The van der Waals surface area contributed by atoms with Gasteiger partial charge in [-0.2, -0.15) is 0 Å². The van der Waals surface area contributed by atoms with E-state index < -0.39 is 0 Å². The monoisotopic (exact) mass is 131 g/mol. The second-order valence-electron chi connectivity index (χ2n) is 1.99. The molecule has 9 heavy (non-hydrogen) atoms. The molecule has 0 aliphatic heterocycles. The fourth-order valence-corrected chi connectivity index (χ4v) is 0.567. The summed E-state index contributed by atoms with van der Waals surface area (Å²) in [5.41, 5.74) is 0. The highest BCUT2D eigenvalue weighted by atomic mass is 16.5. The largest absolute Gasteiger partial charge is 0.382 e. The van der Waals surface area contributed by atoms with Crippen molar-refractivity contribution < 1.29 is 9.47 Å². The van der Waals surface area contributed by atoms with Crippen molar-refractivity contribution >= 4 is 0 Å². The molecule has 0 aromatic carbocycles. The average Bonchev–Trinajstić information content (AvgIpc) is 1.85. The van der Waals surface area contributed by atoms with E-state index in [9.17, 15) is 0 Å². The van der Waals surface area contributed by atoms with Crippen LogP contribution in [0.1, 0.15) is 13.3 Å². The molecule has 0 aliphatic carbocycles. The fraction of sp³-hybridized carbons (Fsp3) is 0.857. The summed E-state index contributed by atoms with van der Waals surface area (Å²) in [7, 11) is 1.67. The van der Waals surface area contributed by atoms with Crippen LogP contribution in [-0.2, 0) is 9.47 Å². The minimum absolute atomic E-state index is 0.205. The van der Waals surface area contributed by atoms with Gasteiger partial charge in [0.2, 0.25) is 0 Å². The second-order valence-corrected chi connectivity index (χ2v) is 1.99. The molecule has 0 aromatic rings. The lowest BCUT2D eigenvalue weighted by molar-refractivity contribution is 0.0111. The van der Waals surface area contributed by atoms with Gasteiger partial charge in [0, 0.05) is 13.7 Å². The Morgan fingerprint density at radius 3 is 2.67 bits per heavy atom. The zero-order valence-electron chi connectivity index (χ0n) is 6.22. The van der Waals surface area contributed by atoms with E-state index in [0.29, 0.717) is 6.61 Å². The second kappa shape index (κ2) is 6.05. The summed E-state index contributed by atoms with van der Waals surface area (Å²) in [5, 5.41) is 0. The van der Waals surface area contributed by atoms with Crippen LogP contribution in [-0.4, -0.2) is 26.4 Å². The van der Waals surface area contributed by atoms with Crippen molar-refractivity contribution in [3.8, 4) is 0 Å². The Bertz CT molecular complexity index is 54.9. The van der Waals surface area contributed by atoms with Gasteiger partial charge in [0.25, 0.3) is 0 Å². The molecule has 1 atom stereocenters. The predicted molar refractivity (Wildman–Crippen MR) is 37.3 cm³/mol. The molecule has 55 valence electrons. The summed E-state index contributed by atoms with van der Waals surface area (Å²) in [6, 6.07) is 0. The van der Waals surface area contributed by atoms with Crippen LogP contribution >= 0.6 is 0 Å². The van der Waals surface area contributed by atoms with E-state index in [1.165, 1.54) is 0 Å². The molecule has 0 aliphatic rings. The summed E-state index contributed by atoms with van der Waals surface area (Å²) in [5.74, 6) is 0. The molecule has 0 saturated carbocycles. The number of hydrogen-bond acceptors (Lipinski definition) is 2. The first-order valence-electron chi connectivity index (χ1n) is 3.21. The van der Waals surface area contributed by atoms with Crippen molar-refractivity contribution in [2.75, 3.05) is 20.3 Å². The van der Waals surface area contributed by atoms with E-state index in [0.717, 1.165) is 13.0 Å². The van der Waals surface area contributed by atoms with Gasteiger partial charge >= 0.3 is 0 Å². The lowest BCUT2D eigenvalue weighted by Gasteiger charge is -2.09. The summed E-state index contributed by atoms with van der Waals surface area (Å²) in [6.07, 6.45) is 1.03. The average molecular weight is 131 g/mol. The van der Waals surface area contributed by atoms with Crippen molar-refractivity contribution in [3.63, 3.8) is 0 Å². The lowest BCUT2D eigenvalue weighted by atomic mass is 10.4. The summed E-state index contributed by atoms with van der Waals surface area (Å²) >= 11 is 0. The minimum atomic E-state index is 0.205. The van der Waals surface area contributed by atoms with Crippen molar-refractivity contribution in [1.29, 1.82) is 0 Å². The summed E-state index contributed by atoms with van der Waals surface area (Å²) in [6.45, 7) is 7.03. The smallest absolute Gasteiger partial charge is 0.0780 e. The molecule has 1 radical (unpaired) electrons. The quantitative estimate of drug-likeness (QED) is 0.559. The van der Waals surface area contributed by atoms with E-state index in [1.54, 1.807) is 7.11 Å². The SMILES string of the molecule is [CH2]CCOC(C)COC. The van der Waals surface area contributed by atoms with E-state index in [-0.39, 0.29) is 6.10 Å². The van der Waals surface area contributed by atoms with Crippen LogP contribution in [0.15, 0.2) is 0 Å². The van der Waals surface area contributed by atoms with Crippen LogP contribution in [0, 0.1) is 6.92 Å². The number of hydrogen-bond donors (Lipinski definition) is 0. The molecule has 2 heteroatoms. The van der Waals surface area contributed by atoms with E-state index in [2.05, 4.69) is 6.92 Å².